The largest absolute Gasteiger partial charge is 0.481 e. The molecule has 0 saturated heterocycles. The Kier molecular flexibility index (Phi) is 12.3. The summed E-state index contributed by atoms with van der Waals surface area (Å²) in [6.07, 6.45) is 15.3. The Morgan fingerprint density at radius 3 is 2.41 bits per heavy atom. The molecule has 156 valence electrons. The zero-order chi connectivity index (χ0) is 20.1. The van der Waals surface area contributed by atoms with Crippen molar-refractivity contribution in [2.45, 2.75) is 103 Å². The van der Waals surface area contributed by atoms with E-state index in [1.54, 1.807) is 0 Å². The van der Waals surface area contributed by atoms with Gasteiger partial charge in [0.05, 0.1) is 6.10 Å². The fraction of sp³-hybridized carbons (Fsp3) is 0.826. The molecule has 1 rings (SSSR count). The normalized spacial score (nSPS) is 25.3. The number of unbranched alkanes of at least 4 members (excludes halogenated alkanes) is 5. The van der Waals surface area contributed by atoms with Crippen molar-refractivity contribution in [2.75, 3.05) is 0 Å². The molecule has 1 fully saturated rings. The van der Waals surface area contributed by atoms with Gasteiger partial charge in [0.15, 0.2) is 0 Å². The SMILES string of the molecule is CCCCCCCC(=O)CC[C@@H]1[C@@H](C/C=C\CCCC(=O)O)[C@@H](O)C[C@H]1C. The fourth-order valence-electron chi connectivity index (χ4n) is 4.39. The third-order valence-electron chi connectivity index (χ3n) is 6.04. The van der Waals surface area contributed by atoms with Crippen molar-refractivity contribution in [1.82, 2.24) is 0 Å². The van der Waals surface area contributed by atoms with Crippen molar-refractivity contribution in [3.8, 4) is 0 Å². The van der Waals surface area contributed by atoms with E-state index in [-0.39, 0.29) is 18.4 Å². The Morgan fingerprint density at radius 1 is 0.963 bits per heavy atom. The van der Waals surface area contributed by atoms with Crippen LogP contribution in [0.2, 0.25) is 0 Å². The lowest BCUT2D eigenvalue weighted by Crippen LogP contribution is -2.20. The molecule has 0 aromatic carbocycles. The standard InChI is InChI=1S/C23H40O4/c1-3-4-5-6-9-12-19(24)15-16-20-18(2)17-22(25)21(20)13-10-7-8-11-14-23(26)27/h7,10,18,20-22,25H,3-6,8-9,11-17H2,1-2H3,(H,26,27)/b10-7-/t18-,20+,21-,22+/m1/s1. The van der Waals surface area contributed by atoms with Gasteiger partial charge in [-0.25, -0.2) is 0 Å². The number of allylic oxidation sites excluding steroid dienone is 2. The molecule has 0 aromatic rings. The van der Waals surface area contributed by atoms with Crippen LogP contribution in [-0.4, -0.2) is 28.1 Å². The Morgan fingerprint density at radius 2 is 1.70 bits per heavy atom. The van der Waals surface area contributed by atoms with E-state index in [1.807, 2.05) is 6.08 Å². The van der Waals surface area contributed by atoms with Gasteiger partial charge in [0.25, 0.3) is 0 Å². The molecule has 1 aliphatic rings. The zero-order valence-corrected chi connectivity index (χ0v) is 17.4. The number of aliphatic hydroxyl groups excluding tert-OH is 1. The number of carboxylic acid groups (broad SMARTS) is 1. The summed E-state index contributed by atoms with van der Waals surface area (Å²) in [5, 5.41) is 19.1. The zero-order valence-electron chi connectivity index (χ0n) is 17.4. The van der Waals surface area contributed by atoms with Gasteiger partial charge in [-0.3, -0.25) is 9.59 Å². The summed E-state index contributed by atoms with van der Waals surface area (Å²) >= 11 is 0. The average molecular weight is 381 g/mol. The first-order chi connectivity index (χ1) is 13.0. The van der Waals surface area contributed by atoms with Crippen molar-refractivity contribution in [1.29, 1.82) is 0 Å². The molecule has 4 heteroatoms. The summed E-state index contributed by atoms with van der Waals surface area (Å²) in [4.78, 5) is 22.7. The Balaban J connectivity index is 2.32. The molecule has 0 aromatic heterocycles. The van der Waals surface area contributed by atoms with E-state index in [2.05, 4.69) is 19.9 Å². The van der Waals surface area contributed by atoms with Crippen LogP contribution in [0.25, 0.3) is 0 Å². The van der Waals surface area contributed by atoms with E-state index in [4.69, 9.17) is 5.11 Å². The maximum atomic E-state index is 12.2. The van der Waals surface area contributed by atoms with Crippen molar-refractivity contribution in [3.63, 3.8) is 0 Å². The minimum Gasteiger partial charge on any atom is -0.481 e. The first-order valence-corrected chi connectivity index (χ1v) is 11.0. The molecule has 0 amide bonds. The number of rotatable bonds is 15. The smallest absolute Gasteiger partial charge is 0.303 e. The van der Waals surface area contributed by atoms with Crippen molar-refractivity contribution in [2.24, 2.45) is 17.8 Å². The Labute approximate surface area is 165 Å². The van der Waals surface area contributed by atoms with E-state index < -0.39 is 5.97 Å². The predicted molar refractivity (Wildman–Crippen MR) is 110 cm³/mol. The molecule has 4 nitrogen and oxygen atoms in total. The van der Waals surface area contributed by atoms with Crippen molar-refractivity contribution < 1.29 is 19.8 Å². The summed E-state index contributed by atoms with van der Waals surface area (Å²) in [6.45, 7) is 4.39. The molecular weight excluding hydrogens is 340 g/mol. The lowest BCUT2D eigenvalue weighted by atomic mass is 9.83. The summed E-state index contributed by atoms with van der Waals surface area (Å²) < 4.78 is 0. The van der Waals surface area contributed by atoms with Gasteiger partial charge in [0.2, 0.25) is 0 Å². The molecule has 1 aliphatic carbocycles. The highest BCUT2D eigenvalue weighted by atomic mass is 16.4. The molecule has 0 heterocycles. The molecule has 0 bridgehead atoms. The number of aliphatic hydroxyl groups is 1. The molecule has 1 saturated carbocycles. The molecule has 0 aliphatic heterocycles. The first-order valence-electron chi connectivity index (χ1n) is 11.0. The van der Waals surface area contributed by atoms with Gasteiger partial charge >= 0.3 is 5.97 Å². The Bertz CT molecular complexity index is 457. The van der Waals surface area contributed by atoms with Gasteiger partial charge in [-0.1, -0.05) is 51.7 Å². The number of ketones is 1. The topological polar surface area (TPSA) is 74.6 Å². The maximum absolute atomic E-state index is 12.2. The van der Waals surface area contributed by atoms with E-state index in [0.717, 1.165) is 38.5 Å². The number of carbonyl (C=O) groups excluding carboxylic acids is 1. The van der Waals surface area contributed by atoms with Gasteiger partial charge in [-0.15, -0.1) is 0 Å². The second-order valence-corrected chi connectivity index (χ2v) is 8.34. The van der Waals surface area contributed by atoms with Gasteiger partial charge in [-0.05, 0) is 56.3 Å². The van der Waals surface area contributed by atoms with Gasteiger partial charge in [0, 0.05) is 19.3 Å². The van der Waals surface area contributed by atoms with E-state index in [9.17, 15) is 14.7 Å². The maximum Gasteiger partial charge on any atom is 0.303 e. The number of hydrogen-bond donors (Lipinski definition) is 2. The summed E-state index contributed by atoms with van der Waals surface area (Å²) in [5.41, 5.74) is 0. The third kappa shape index (κ3) is 10.1. The quantitative estimate of drug-likeness (QED) is 0.289. The molecular formula is C23H40O4. The molecule has 0 spiro atoms. The van der Waals surface area contributed by atoms with Crippen LogP contribution in [-0.2, 0) is 9.59 Å². The van der Waals surface area contributed by atoms with Crippen LogP contribution in [0.1, 0.15) is 97.3 Å². The highest BCUT2D eigenvalue weighted by Crippen LogP contribution is 2.42. The summed E-state index contributed by atoms with van der Waals surface area (Å²) in [7, 11) is 0. The van der Waals surface area contributed by atoms with Crippen LogP contribution in [0.3, 0.4) is 0 Å². The molecule has 4 atom stereocenters. The molecule has 2 N–H and O–H groups in total. The van der Waals surface area contributed by atoms with Crippen LogP contribution < -0.4 is 0 Å². The number of Topliss-reactive ketones (excluding diaryl/α,β-unsaturated/α-hetero) is 1. The molecule has 0 unspecified atom stereocenters. The predicted octanol–water partition coefficient (Wildman–Crippen LogP) is 5.53. The second kappa shape index (κ2) is 13.9. The third-order valence-corrected chi connectivity index (χ3v) is 6.04. The lowest BCUT2D eigenvalue weighted by Gasteiger charge is -2.23. The molecule has 0 radical (unpaired) electrons. The van der Waals surface area contributed by atoms with E-state index >= 15 is 0 Å². The number of aliphatic carboxylic acids is 1. The number of hydrogen-bond acceptors (Lipinski definition) is 3. The van der Waals surface area contributed by atoms with Crippen LogP contribution in [0.5, 0.6) is 0 Å². The number of carbonyl (C=O) groups is 2. The van der Waals surface area contributed by atoms with Gasteiger partial charge < -0.3 is 10.2 Å². The van der Waals surface area contributed by atoms with E-state index in [1.165, 1.54) is 19.3 Å². The van der Waals surface area contributed by atoms with Crippen molar-refractivity contribution >= 4 is 11.8 Å². The first kappa shape index (κ1) is 23.9. The van der Waals surface area contributed by atoms with Crippen LogP contribution in [0, 0.1) is 17.8 Å². The average Bonchev–Trinajstić information content (AvgIpc) is 2.88. The minimum absolute atomic E-state index is 0.205. The van der Waals surface area contributed by atoms with Crippen molar-refractivity contribution in [3.05, 3.63) is 12.2 Å². The fourth-order valence-corrected chi connectivity index (χ4v) is 4.39. The highest BCUT2D eigenvalue weighted by molar-refractivity contribution is 5.78. The summed E-state index contributed by atoms with van der Waals surface area (Å²) in [5.74, 6) is 0.727. The second-order valence-electron chi connectivity index (χ2n) is 8.34. The van der Waals surface area contributed by atoms with Gasteiger partial charge in [-0.2, -0.15) is 0 Å². The summed E-state index contributed by atoms with van der Waals surface area (Å²) in [6, 6.07) is 0. The Hall–Kier alpha value is -1.16. The number of carboxylic acids is 1. The van der Waals surface area contributed by atoms with Gasteiger partial charge in [0.1, 0.15) is 5.78 Å². The van der Waals surface area contributed by atoms with Crippen LogP contribution in [0.4, 0.5) is 0 Å². The highest BCUT2D eigenvalue weighted by Gasteiger charge is 2.39. The minimum atomic E-state index is -0.751. The van der Waals surface area contributed by atoms with Crippen LogP contribution in [0.15, 0.2) is 12.2 Å². The van der Waals surface area contributed by atoms with E-state index in [0.29, 0.717) is 36.9 Å². The lowest BCUT2D eigenvalue weighted by molar-refractivity contribution is -0.137. The molecule has 27 heavy (non-hydrogen) atoms. The van der Waals surface area contributed by atoms with Crippen LogP contribution >= 0.6 is 0 Å². The monoisotopic (exact) mass is 380 g/mol.